The molecule has 222 valence electrons. The van der Waals surface area contributed by atoms with Gasteiger partial charge in [-0.05, 0) is 59.4 Å². The minimum Gasteiger partial charge on any atom is -0.399 e. The second kappa shape index (κ2) is 15.0. The molecule has 3 rings (SSSR count). The molecule has 0 saturated heterocycles. The predicted octanol–water partition coefficient (Wildman–Crippen LogP) is 3.46. The van der Waals surface area contributed by atoms with E-state index in [4.69, 9.17) is 5.73 Å². The van der Waals surface area contributed by atoms with Crippen LogP contribution in [0.4, 0.5) is 5.69 Å². The number of nitrogens with two attached hydrogens (primary N) is 1. The van der Waals surface area contributed by atoms with E-state index in [9.17, 15) is 23.1 Å². The molecule has 0 aromatic heterocycles. The Labute approximate surface area is 243 Å². The minimum absolute atomic E-state index is 0.0557. The van der Waals surface area contributed by atoms with Crippen LogP contribution >= 0.6 is 0 Å². The van der Waals surface area contributed by atoms with Gasteiger partial charge in [0.1, 0.15) is 6.04 Å². The van der Waals surface area contributed by atoms with E-state index in [2.05, 4.69) is 10.6 Å². The summed E-state index contributed by atoms with van der Waals surface area (Å²) in [5.74, 6) is -0.510. The van der Waals surface area contributed by atoms with Crippen LogP contribution in [0.5, 0.6) is 0 Å². The monoisotopic (exact) mass is 582 g/mol. The Morgan fingerprint density at radius 3 is 2.29 bits per heavy atom. The van der Waals surface area contributed by atoms with Gasteiger partial charge in [0.15, 0.2) is 0 Å². The zero-order chi connectivity index (χ0) is 30.0. The van der Waals surface area contributed by atoms with Crippen LogP contribution in [-0.2, 0) is 26.0 Å². The van der Waals surface area contributed by atoms with Crippen LogP contribution in [0.2, 0.25) is 0 Å². The topological polar surface area (TPSA) is 142 Å². The van der Waals surface area contributed by atoms with E-state index >= 15 is 0 Å². The lowest BCUT2D eigenvalue weighted by Crippen LogP contribution is -2.47. The summed E-state index contributed by atoms with van der Waals surface area (Å²) in [7, 11) is -3.84. The summed E-state index contributed by atoms with van der Waals surface area (Å²) in [5.41, 5.74) is 7.14. The first-order chi connectivity index (χ1) is 19.5. The fourth-order valence-electron chi connectivity index (χ4n) is 4.80. The summed E-state index contributed by atoms with van der Waals surface area (Å²) in [4.78, 5) is 24.9. The summed E-state index contributed by atoms with van der Waals surface area (Å²) in [6.07, 6.45) is 1.96. The third kappa shape index (κ3) is 9.27. The van der Waals surface area contributed by atoms with Gasteiger partial charge in [-0.1, -0.05) is 62.7 Å². The van der Waals surface area contributed by atoms with Crippen molar-refractivity contribution in [3.63, 3.8) is 0 Å². The van der Waals surface area contributed by atoms with E-state index in [0.717, 1.165) is 16.3 Å². The van der Waals surface area contributed by atoms with Crippen molar-refractivity contribution in [1.29, 1.82) is 0 Å². The lowest BCUT2D eigenvalue weighted by Gasteiger charge is -2.31. The minimum atomic E-state index is -3.84. The fraction of sp³-hybridized carbons (Fsp3) is 0.419. The Balaban J connectivity index is 1.58. The first kappa shape index (κ1) is 32.0. The number of sulfonamides is 1. The number of rotatable bonds is 15. The molecule has 0 fully saturated rings. The van der Waals surface area contributed by atoms with Crippen LogP contribution in [-0.4, -0.2) is 61.4 Å². The van der Waals surface area contributed by atoms with Crippen LogP contribution in [0, 0.1) is 5.92 Å². The lowest BCUT2D eigenvalue weighted by atomic mass is 10.0. The summed E-state index contributed by atoms with van der Waals surface area (Å²) in [6, 6.07) is 18.7. The Morgan fingerprint density at radius 1 is 0.976 bits per heavy atom. The summed E-state index contributed by atoms with van der Waals surface area (Å²) < 4.78 is 28.2. The Kier molecular flexibility index (Phi) is 11.7. The second-order valence-corrected chi connectivity index (χ2v) is 12.7. The van der Waals surface area contributed by atoms with E-state index in [1.54, 1.807) is 12.1 Å². The van der Waals surface area contributed by atoms with E-state index in [1.807, 2.05) is 56.3 Å². The molecule has 0 unspecified atom stereocenters. The maximum atomic E-state index is 13.4. The van der Waals surface area contributed by atoms with Crippen molar-refractivity contribution in [2.75, 3.05) is 25.4 Å². The van der Waals surface area contributed by atoms with Gasteiger partial charge in [-0.25, -0.2) is 8.42 Å². The molecule has 2 atom stereocenters. The van der Waals surface area contributed by atoms with Gasteiger partial charge < -0.3 is 21.5 Å². The first-order valence-electron chi connectivity index (χ1n) is 14.0. The molecular formula is C31H42N4O5S. The van der Waals surface area contributed by atoms with E-state index < -0.39 is 22.1 Å². The van der Waals surface area contributed by atoms with Gasteiger partial charge >= 0.3 is 0 Å². The van der Waals surface area contributed by atoms with Crippen LogP contribution < -0.4 is 16.4 Å². The number of unbranched alkanes of at least 4 members (excludes halogenated alkanes) is 1. The molecule has 2 amide bonds. The number of hydrogen-bond donors (Lipinski definition) is 4. The number of nitrogens with one attached hydrogen (secondary N) is 2. The second-order valence-electron chi connectivity index (χ2n) is 10.8. The first-order valence-corrected chi connectivity index (χ1v) is 15.5. The van der Waals surface area contributed by atoms with Crippen molar-refractivity contribution in [1.82, 2.24) is 14.9 Å². The molecule has 0 aliphatic heterocycles. The number of benzene rings is 3. The molecule has 3 aromatic rings. The third-order valence-electron chi connectivity index (χ3n) is 6.86. The molecule has 0 aliphatic carbocycles. The van der Waals surface area contributed by atoms with Gasteiger partial charge in [0.05, 0.1) is 11.5 Å². The number of carbonyl (C=O) groups is 2. The number of carbonyl (C=O) groups excluding carboxylic acids is 2. The molecule has 10 heteroatoms. The number of aliphatic hydroxyl groups is 1. The molecule has 9 nitrogen and oxygen atoms in total. The van der Waals surface area contributed by atoms with Crippen LogP contribution in [0.1, 0.15) is 45.6 Å². The van der Waals surface area contributed by atoms with Gasteiger partial charge in [0.2, 0.25) is 21.8 Å². The van der Waals surface area contributed by atoms with Crippen molar-refractivity contribution in [2.24, 2.45) is 5.92 Å². The van der Waals surface area contributed by atoms with Crippen molar-refractivity contribution in [3.8, 4) is 0 Å². The average molecular weight is 583 g/mol. The SMILES string of the molecule is CC(=O)N[C@@H](Cc1ccc2ccccc2c1)C(=O)NCCCC[C@@H](CO)N(CC(C)C)S(=O)(=O)c1ccc(N)cc1. The zero-order valence-corrected chi connectivity index (χ0v) is 24.9. The number of aliphatic hydroxyl groups excluding tert-OH is 1. The smallest absolute Gasteiger partial charge is 0.243 e. The average Bonchev–Trinajstić information content (AvgIpc) is 2.93. The molecule has 0 aliphatic rings. The molecule has 0 bridgehead atoms. The van der Waals surface area contributed by atoms with Gasteiger partial charge in [0, 0.05) is 38.2 Å². The van der Waals surface area contributed by atoms with Gasteiger partial charge in [-0.15, -0.1) is 0 Å². The quantitative estimate of drug-likeness (QED) is 0.160. The highest BCUT2D eigenvalue weighted by Gasteiger charge is 2.31. The number of nitrogens with zero attached hydrogens (tertiary/aromatic N) is 1. The van der Waals surface area contributed by atoms with Crippen LogP contribution in [0.15, 0.2) is 71.6 Å². The van der Waals surface area contributed by atoms with Crippen molar-refractivity contribution in [3.05, 3.63) is 72.3 Å². The summed E-state index contributed by atoms with van der Waals surface area (Å²) >= 11 is 0. The van der Waals surface area contributed by atoms with Crippen molar-refractivity contribution in [2.45, 2.75) is 63.4 Å². The third-order valence-corrected chi connectivity index (χ3v) is 8.79. The molecule has 0 spiro atoms. The molecule has 5 N–H and O–H groups in total. The Hall–Kier alpha value is -3.47. The highest BCUT2D eigenvalue weighted by atomic mass is 32.2. The van der Waals surface area contributed by atoms with Crippen molar-refractivity contribution >= 4 is 38.3 Å². The fourth-order valence-corrected chi connectivity index (χ4v) is 6.61. The number of anilines is 1. The molecule has 0 saturated carbocycles. The van der Waals surface area contributed by atoms with Gasteiger partial charge in [-0.3, -0.25) is 9.59 Å². The largest absolute Gasteiger partial charge is 0.399 e. The van der Waals surface area contributed by atoms with Crippen LogP contribution in [0.3, 0.4) is 0 Å². The lowest BCUT2D eigenvalue weighted by molar-refractivity contribution is -0.128. The number of fused-ring (bicyclic) bond motifs is 1. The number of hydrogen-bond acceptors (Lipinski definition) is 6. The molecule has 0 radical (unpaired) electrons. The predicted molar refractivity (Wildman–Crippen MR) is 163 cm³/mol. The normalized spacial score (nSPS) is 13.3. The summed E-state index contributed by atoms with van der Waals surface area (Å²) in [6.45, 7) is 5.56. The van der Waals surface area contributed by atoms with Gasteiger partial charge in [0.25, 0.3) is 0 Å². The highest BCUT2D eigenvalue weighted by molar-refractivity contribution is 7.89. The maximum Gasteiger partial charge on any atom is 0.243 e. The van der Waals surface area contributed by atoms with E-state index in [1.165, 1.54) is 23.4 Å². The standard InChI is InChI=1S/C31H42N4O5S/c1-22(2)20-35(41(39,40)29-15-13-27(32)14-16-29)28(21-36)10-6-7-17-33-31(38)30(34-23(3)37)19-24-11-12-25-8-4-5-9-26(25)18-24/h4-5,8-9,11-16,18,22,28,30,36H,6-7,10,17,19-21,32H2,1-3H3,(H,33,38)(H,34,37)/t28-,30-/m0/s1. The van der Waals surface area contributed by atoms with Gasteiger partial charge in [-0.2, -0.15) is 4.31 Å². The molecule has 0 heterocycles. The van der Waals surface area contributed by atoms with E-state index in [-0.39, 0.29) is 35.8 Å². The van der Waals surface area contributed by atoms with Crippen LogP contribution in [0.25, 0.3) is 10.8 Å². The Bertz CT molecular complexity index is 1410. The van der Waals surface area contributed by atoms with E-state index in [0.29, 0.717) is 37.9 Å². The summed E-state index contributed by atoms with van der Waals surface area (Å²) in [5, 5.41) is 18.0. The van der Waals surface area contributed by atoms with Crippen molar-refractivity contribution < 1.29 is 23.1 Å². The number of nitrogen functional groups attached to an aromatic ring is 1. The molecule has 3 aromatic carbocycles. The number of amides is 2. The molecular weight excluding hydrogens is 540 g/mol. The molecule has 41 heavy (non-hydrogen) atoms. The maximum absolute atomic E-state index is 13.4. The Morgan fingerprint density at radius 2 is 1.66 bits per heavy atom. The zero-order valence-electron chi connectivity index (χ0n) is 24.0. The highest BCUT2D eigenvalue weighted by Crippen LogP contribution is 2.23.